The van der Waals surface area contributed by atoms with Crippen LogP contribution in [-0.2, 0) is 0 Å². The first-order valence-electron chi connectivity index (χ1n) is 5.10. The Balaban J connectivity index is 3.46. The Kier molecular flexibility index (Phi) is 7.77. The number of hydrogen-bond donors (Lipinski definition) is 2. The minimum atomic E-state index is 0.441. The standard InChI is InChI=1S/C11H22N2/c1-4-5-6-7-11(13-12)9-8-10(2)3/h1,10-11,13H,5-9,12H2,2-3H3. The summed E-state index contributed by atoms with van der Waals surface area (Å²) in [5.41, 5.74) is 2.85. The summed E-state index contributed by atoms with van der Waals surface area (Å²) in [5, 5.41) is 0. The van der Waals surface area contributed by atoms with Crippen molar-refractivity contribution in [2.75, 3.05) is 0 Å². The van der Waals surface area contributed by atoms with Gasteiger partial charge in [-0.05, 0) is 31.6 Å². The van der Waals surface area contributed by atoms with Crippen LogP contribution in [0.5, 0.6) is 0 Å². The van der Waals surface area contributed by atoms with Gasteiger partial charge in [-0.25, -0.2) is 0 Å². The van der Waals surface area contributed by atoms with E-state index in [1.54, 1.807) is 0 Å². The normalized spacial score (nSPS) is 12.8. The second-order valence-electron chi connectivity index (χ2n) is 3.93. The largest absolute Gasteiger partial charge is 0.271 e. The second-order valence-corrected chi connectivity index (χ2v) is 3.93. The number of nitrogens with two attached hydrogens (primary N) is 1. The molecular formula is C11H22N2. The topological polar surface area (TPSA) is 38.0 Å². The van der Waals surface area contributed by atoms with Crippen molar-refractivity contribution in [2.24, 2.45) is 11.8 Å². The predicted octanol–water partition coefficient (Wildman–Crippen LogP) is 2.06. The summed E-state index contributed by atoms with van der Waals surface area (Å²) in [6, 6.07) is 0.441. The first kappa shape index (κ1) is 12.5. The molecule has 0 fully saturated rings. The third-order valence-corrected chi connectivity index (χ3v) is 2.20. The van der Waals surface area contributed by atoms with Crippen molar-refractivity contribution in [2.45, 2.75) is 52.0 Å². The first-order chi connectivity index (χ1) is 6.20. The molecule has 0 aliphatic rings. The molecule has 0 radical (unpaired) electrons. The molecule has 0 spiro atoms. The molecule has 0 aromatic carbocycles. The predicted molar refractivity (Wildman–Crippen MR) is 57.9 cm³/mol. The van der Waals surface area contributed by atoms with Gasteiger partial charge in [0.15, 0.2) is 0 Å². The Morgan fingerprint density at radius 3 is 2.46 bits per heavy atom. The molecule has 0 rings (SSSR count). The van der Waals surface area contributed by atoms with Crippen LogP contribution < -0.4 is 11.3 Å². The molecule has 0 saturated carbocycles. The van der Waals surface area contributed by atoms with Gasteiger partial charge in [0, 0.05) is 12.5 Å². The van der Waals surface area contributed by atoms with Gasteiger partial charge in [-0.3, -0.25) is 11.3 Å². The molecule has 1 unspecified atom stereocenters. The van der Waals surface area contributed by atoms with Gasteiger partial charge in [-0.15, -0.1) is 12.3 Å². The summed E-state index contributed by atoms with van der Waals surface area (Å²) in [7, 11) is 0. The summed E-state index contributed by atoms with van der Waals surface area (Å²) in [6.45, 7) is 4.46. The lowest BCUT2D eigenvalue weighted by molar-refractivity contribution is 0.410. The van der Waals surface area contributed by atoms with Crippen LogP contribution in [0.1, 0.15) is 46.0 Å². The molecule has 2 nitrogen and oxygen atoms in total. The van der Waals surface area contributed by atoms with E-state index in [9.17, 15) is 0 Å². The third kappa shape index (κ3) is 7.83. The Morgan fingerprint density at radius 2 is 2.00 bits per heavy atom. The highest BCUT2D eigenvalue weighted by Gasteiger charge is 2.06. The number of hydrogen-bond acceptors (Lipinski definition) is 2. The number of rotatable bonds is 7. The SMILES string of the molecule is C#CCCCC(CCC(C)C)NN. The average Bonchev–Trinajstić information content (AvgIpc) is 2.10. The van der Waals surface area contributed by atoms with E-state index >= 15 is 0 Å². The molecular weight excluding hydrogens is 160 g/mol. The zero-order chi connectivity index (χ0) is 10.1. The number of hydrazine groups is 1. The van der Waals surface area contributed by atoms with Gasteiger partial charge in [-0.1, -0.05) is 13.8 Å². The zero-order valence-electron chi connectivity index (χ0n) is 8.84. The van der Waals surface area contributed by atoms with Crippen molar-refractivity contribution in [3.05, 3.63) is 0 Å². The third-order valence-electron chi connectivity index (χ3n) is 2.20. The van der Waals surface area contributed by atoms with E-state index in [1.165, 1.54) is 6.42 Å². The van der Waals surface area contributed by atoms with E-state index in [2.05, 4.69) is 25.2 Å². The fourth-order valence-corrected chi connectivity index (χ4v) is 1.30. The molecule has 0 aromatic rings. The van der Waals surface area contributed by atoms with Crippen molar-refractivity contribution >= 4 is 0 Å². The maximum atomic E-state index is 5.44. The Morgan fingerprint density at radius 1 is 1.31 bits per heavy atom. The van der Waals surface area contributed by atoms with Gasteiger partial charge < -0.3 is 0 Å². The fraction of sp³-hybridized carbons (Fsp3) is 0.818. The van der Waals surface area contributed by atoms with Crippen LogP contribution in [-0.4, -0.2) is 6.04 Å². The molecule has 0 amide bonds. The summed E-state index contributed by atoms with van der Waals surface area (Å²) >= 11 is 0. The van der Waals surface area contributed by atoms with E-state index in [0.717, 1.165) is 31.6 Å². The van der Waals surface area contributed by atoms with Crippen LogP contribution in [0.15, 0.2) is 0 Å². The highest BCUT2D eigenvalue weighted by Crippen LogP contribution is 2.10. The summed E-state index contributed by atoms with van der Waals surface area (Å²) < 4.78 is 0. The quantitative estimate of drug-likeness (QED) is 0.274. The van der Waals surface area contributed by atoms with Crippen molar-refractivity contribution in [3.63, 3.8) is 0 Å². The molecule has 0 bridgehead atoms. The van der Waals surface area contributed by atoms with E-state index in [0.29, 0.717) is 6.04 Å². The lowest BCUT2D eigenvalue weighted by Crippen LogP contribution is -2.35. The fourth-order valence-electron chi connectivity index (χ4n) is 1.30. The first-order valence-corrected chi connectivity index (χ1v) is 5.10. The molecule has 76 valence electrons. The van der Waals surface area contributed by atoms with Gasteiger partial charge in [-0.2, -0.15) is 0 Å². The minimum absolute atomic E-state index is 0.441. The smallest absolute Gasteiger partial charge is 0.0211 e. The monoisotopic (exact) mass is 182 g/mol. The van der Waals surface area contributed by atoms with Gasteiger partial charge in [0.2, 0.25) is 0 Å². The van der Waals surface area contributed by atoms with Gasteiger partial charge in [0.1, 0.15) is 0 Å². The summed E-state index contributed by atoms with van der Waals surface area (Å²) in [6.07, 6.45) is 10.6. The molecule has 13 heavy (non-hydrogen) atoms. The lowest BCUT2D eigenvalue weighted by Gasteiger charge is -2.16. The van der Waals surface area contributed by atoms with E-state index in [1.807, 2.05) is 0 Å². The lowest BCUT2D eigenvalue weighted by atomic mass is 10.00. The van der Waals surface area contributed by atoms with Gasteiger partial charge in [0.25, 0.3) is 0 Å². The van der Waals surface area contributed by atoms with Crippen molar-refractivity contribution in [1.29, 1.82) is 0 Å². The maximum absolute atomic E-state index is 5.44. The van der Waals surface area contributed by atoms with E-state index in [-0.39, 0.29) is 0 Å². The average molecular weight is 182 g/mol. The Bertz CT molecular complexity index is 147. The molecule has 0 saturated heterocycles. The van der Waals surface area contributed by atoms with Crippen LogP contribution >= 0.6 is 0 Å². The van der Waals surface area contributed by atoms with Crippen LogP contribution in [0.4, 0.5) is 0 Å². The highest BCUT2D eigenvalue weighted by molar-refractivity contribution is 4.83. The molecule has 0 heterocycles. The Hall–Kier alpha value is -0.520. The number of nitrogens with one attached hydrogen (secondary N) is 1. The van der Waals surface area contributed by atoms with Crippen molar-refractivity contribution in [1.82, 2.24) is 5.43 Å². The molecule has 3 N–H and O–H groups in total. The van der Waals surface area contributed by atoms with Crippen molar-refractivity contribution in [3.8, 4) is 12.3 Å². The molecule has 1 atom stereocenters. The van der Waals surface area contributed by atoms with E-state index < -0.39 is 0 Å². The molecule has 0 aliphatic carbocycles. The summed E-state index contributed by atoms with van der Waals surface area (Å²) in [4.78, 5) is 0. The van der Waals surface area contributed by atoms with Gasteiger partial charge in [0.05, 0.1) is 0 Å². The van der Waals surface area contributed by atoms with Gasteiger partial charge >= 0.3 is 0 Å². The van der Waals surface area contributed by atoms with Crippen molar-refractivity contribution < 1.29 is 0 Å². The Labute approximate surface area is 82.2 Å². The zero-order valence-corrected chi connectivity index (χ0v) is 8.84. The van der Waals surface area contributed by atoms with Crippen LogP contribution in [0.3, 0.4) is 0 Å². The van der Waals surface area contributed by atoms with Crippen LogP contribution in [0, 0.1) is 18.3 Å². The van der Waals surface area contributed by atoms with Crippen LogP contribution in [0.2, 0.25) is 0 Å². The highest BCUT2D eigenvalue weighted by atomic mass is 15.2. The van der Waals surface area contributed by atoms with Crippen LogP contribution in [0.25, 0.3) is 0 Å². The molecule has 0 aromatic heterocycles. The van der Waals surface area contributed by atoms with E-state index in [4.69, 9.17) is 12.3 Å². The second kappa shape index (κ2) is 8.10. The molecule has 2 heteroatoms. The molecule has 0 aliphatic heterocycles. The number of unbranched alkanes of at least 4 members (excludes halogenated alkanes) is 1. The summed E-state index contributed by atoms with van der Waals surface area (Å²) in [5.74, 6) is 8.84. The number of terminal acetylenes is 1. The maximum Gasteiger partial charge on any atom is 0.0211 e. The minimum Gasteiger partial charge on any atom is -0.271 e.